The molecule has 1 saturated heterocycles. The molecule has 6 rings (SSSR count). The van der Waals surface area contributed by atoms with Crippen LogP contribution < -0.4 is 9.47 Å². The Labute approximate surface area is 209 Å². The van der Waals surface area contributed by atoms with Crippen LogP contribution in [-0.2, 0) is 27.9 Å². The van der Waals surface area contributed by atoms with E-state index in [1.165, 1.54) is 16.7 Å². The van der Waals surface area contributed by atoms with Crippen LogP contribution in [-0.4, -0.2) is 57.6 Å². The first kappa shape index (κ1) is 23.3. The van der Waals surface area contributed by atoms with Gasteiger partial charge in [-0.3, -0.25) is 0 Å². The minimum Gasteiger partial charge on any atom is -0.493 e. The van der Waals surface area contributed by atoms with Crippen molar-refractivity contribution in [1.29, 1.82) is 0 Å². The lowest BCUT2D eigenvalue weighted by Gasteiger charge is -2.69. The van der Waals surface area contributed by atoms with Crippen LogP contribution in [0.4, 0.5) is 0 Å². The van der Waals surface area contributed by atoms with E-state index in [1.54, 1.807) is 7.11 Å². The molecule has 2 aliphatic heterocycles. The summed E-state index contributed by atoms with van der Waals surface area (Å²) in [7, 11) is 5.93. The first-order valence-electron chi connectivity index (χ1n) is 13.2. The topological polar surface area (TPSA) is 40.2 Å². The van der Waals surface area contributed by atoms with Crippen molar-refractivity contribution in [3.05, 3.63) is 59.2 Å². The lowest BCUT2D eigenvalue weighted by molar-refractivity contribution is -0.226. The highest BCUT2D eigenvalue weighted by atomic mass is 16.6. The molecular formula is C30H39NO4. The summed E-state index contributed by atoms with van der Waals surface area (Å²) in [5, 5.41) is 0. The highest BCUT2D eigenvalue weighted by Crippen LogP contribution is 2.72. The van der Waals surface area contributed by atoms with Crippen LogP contribution in [0.3, 0.4) is 0 Å². The van der Waals surface area contributed by atoms with Gasteiger partial charge in [-0.15, -0.1) is 0 Å². The third-order valence-corrected chi connectivity index (χ3v) is 10.0. The monoisotopic (exact) mass is 477 g/mol. The summed E-state index contributed by atoms with van der Waals surface area (Å²) in [4.78, 5) is 2.62. The predicted octanol–water partition coefficient (Wildman–Crippen LogP) is 4.99. The van der Waals surface area contributed by atoms with Gasteiger partial charge in [-0.05, 0) is 56.5 Å². The molecule has 1 saturated carbocycles. The number of hydrogen-bond acceptors (Lipinski definition) is 5. The summed E-state index contributed by atoms with van der Waals surface area (Å²) in [5.74, 6) is 1.82. The average molecular weight is 478 g/mol. The minimum atomic E-state index is -0.170. The third kappa shape index (κ3) is 2.98. The van der Waals surface area contributed by atoms with Gasteiger partial charge in [0.1, 0.15) is 12.2 Å². The van der Waals surface area contributed by atoms with Crippen LogP contribution in [0.15, 0.2) is 42.5 Å². The van der Waals surface area contributed by atoms with Crippen molar-refractivity contribution in [3.63, 3.8) is 0 Å². The van der Waals surface area contributed by atoms with E-state index in [1.807, 2.05) is 13.2 Å². The van der Waals surface area contributed by atoms with Crippen molar-refractivity contribution < 1.29 is 18.9 Å². The molecule has 35 heavy (non-hydrogen) atoms. The summed E-state index contributed by atoms with van der Waals surface area (Å²) < 4.78 is 25.7. The fourth-order valence-corrected chi connectivity index (χ4v) is 8.72. The van der Waals surface area contributed by atoms with Crippen molar-refractivity contribution in [2.24, 2.45) is 10.8 Å². The molecule has 4 aliphatic rings. The molecule has 0 amide bonds. The fourth-order valence-electron chi connectivity index (χ4n) is 8.72. The van der Waals surface area contributed by atoms with Crippen LogP contribution in [0, 0.1) is 10.8 Å². The lowest BCUT2D eigenvalue weighted by atomic mass is 9.39. The van der Waals surface area contributed by atoms with E-state index >= 15 is 0 Å². The number of benzene rings is 2. The Bertz CT molecular complexity index is 1110. The Morgan fingerprint density at radius 2 is 1.91 bits per heavy atom. The minimum absolute atomic E-state index is 0.0481. The maximum absolute atomic E-state index is 7.00. The molecule has 2 bridgehead atoms. The number of likely N-dealkylation sites (N-methyl/N-ethyl adjacent to an activating group) is 1. The second kappa shape index (κ2) is 8.22. The second-order valence-electron chi connectivity index (χ2n) is 11.6. The summed E-state index contributed by atoms with van der Waals surface area (Å²) >= 11 is 0. The summed E-state index contributed by atoms with van der Waals surface area (Å²) in [6.45, 7) is 7.11. The quantitative estimate of drug-likeness (QED) is 0.562. The van der Waals surface area contributed by atoms with E-state index in [0.717, 1.165) is 43.7 Å². The fraction of sp³-hybridized carbons (Fsp3) is 0.600. The smallest absolute Gasteiger partial charge is 0.165 e. The summed E-state index contributed by atoms with van der Waals surface area (Å²) in [6.07, 6.45) is 4.22. The van der Waals surface area contributed by atoms with Gasteiger partial charge < -0.3 is 23.8 Å². The maximum atomic E-state index is 7.00. The van der Waals surface area contributed by atoms with Crippen molar-refractivity contribution in [2.75, 3.05) is 34.4 Å². The molecule has 5 heteroatoms. The van der Waals surface area contributed by atoms with Gasteiger partial charge >= 0.3 is 0 Å². The zero-order valence-electron chi connectivity index (χ0n) is 21.8. The van der Waals surface area contributed by atoms with E-state index < -0.39 is 0 Å². The highest BCUT2D eigenvalue weighted by Gasteiger charge is 2.75. The Hall–Kier alpha value is -2.08. The standard InChI is InChI=1S/C30H39NO4/c1-6-29-18-28(2,19-34-17-20-10-8-7-9-11-20)26(33-5)27-30(29)14-15-31(3)23(29)16-21-12-13-22(32-4)25(35-27)24(21)30/h7-13,23,26-27H,6,14-19H2,1-5H3/t23-,26?,27+,28+,29-,30+/m0/s1. The third-order valence-electron chi connectivity index (χ3n) is 10.0. The Balaban J connectivity index is 1.46. The van der Waals surface area contributed by atoms with E-state index in [-0.39, 0.29) is 28.5 Å². The molecule has 2 aromatic rings. The molecule has 6 atom stereocenters. The van der Waals surface area contributed by atoms with Crippen molar-refractivity contribution in [2.45, 2.75) is 69.8 Å². The molecule has 0 radical (unpaired) electrons. The number of ether oxygens (including phenoxy) is 4. The number of piperidine rings is 1. The molecule has 0 aromatic heterocycles. The Morgan fingerprint density at radius 1 is 1.11 bits per heavy atom. The van der Waals surface area contributed by atoms with Gasteiger partial charge in [0, 0.05) is 35.0 Å². The SMILES string of the molecule is CC[C@@]12C[C@](C)(COCc3ccccc3)C(OC)[C@H]3Oc4c(OC)ccc5c4[C@]31CCN(C)[C@H]2C5. The molecule has 0 N–H and O–H groups in total. The second-order valence-corrected chi connectivity index (χ2v) is 11.6. The van der Waals surface area contributed by atoms with E-state index in [9.17, 15) is 0 Å². The molecule has 1 spiro atoms. The van der Waals surface area contributed by atoms with Crippen molar-refractivity contribution in [1.82, 2.24) is 4.90 Å². The van der Waals surface area contributed by atoms with Gasteiger partial charge in [-0.2, -0.15) is 0 Å². The Morgan fingerprint density at radius 3 is 2.63 bits per heavy atom. The van der Waals surface area contributed by atoms with E-state index in [2.05, 4.69) is 62.2 Å². The highest BCUT2D eigenvalue weighted by molar-refractivity contribution is 5.62. The van der Waals surface area contributed by atoms with Crippen molar-refractivity contribution in [3.8, 4) is 11.5 Å². The summed E-state index contributed by atoms with van der Waals surface area (Å²) in [6, 6.07) is 15.3. The molecule has 2 fully saturated rings. The first-order valence-corrected chi connectivity index (χ1v) is 13.2. The normalized spacial score (nSPS) is 37.0. The van der Waals surface area contributed by atoms with Gasteiger partial charge in [0.05, 0.1) is 20.3 Å². The predicted molar refractivity (Wildman–Crippen MR) is 136 cm³/mol. The number of likely N-dealkylation sites (tertiary alicyclic amines) is 1. The number of methoxy groups -OCH3 is 2. The molecular weight excluding hydrogens is 438 g/mol. The number of nitrogens with zero attached hydrogens (tertiary/aromatic N) is 1. The van der Waals surface area contributed by atoms with Gasteiger partial charge in [-0.1, -0.05) is 50.2 Å². The van der Waals surface area contributed by atoms with Gasteiger partial charge in [0.15, 0.2) is 11.5 Å². The molecule has 2 aromatic carbocycles. The number of rotatable bonds is 7. The Kier molecular flexibility index (Phi) is 5.48. The van der Waals surface area contributed by atoms with Gasteiger partial charge in [-0.25, -0.2) is 0 Å². The molecule has 188 valence electrons. The van der Waals surface area contributed by atoms with Crippen LogP contribution in [0.2, 0.25) is 0 Å². The molecule has 5 nitrogen and oxygen atoms in total. The molecule has 1 unspecified atom stereocenters. The van der Waals surface area contributed by atoms with Gasteiger partial charge in [0.25, 0.3) is 0 Å². The maximum Gasteiger partial charge on any atom is 0.165 e. The summed E-state index contributed by atoms with van der Waals surface area (Å²) in [5.41, 5.74) is 3.92. The molecule has 2 aliphatic carbocycles. The van der Waals surface area contributed by atoms with E-state index in [4.69, 9.17) is 18.9 Å². The molecule has 2 heterocycles. The van der Waals surface area contributed by atoms with Crippen LogP contribution >= 0.6 is 0 Å². The van der Waals surface area contributed by atoms with E-state index in [0.29, 0.717) is 19.3 Å². The van der Waals surface area contributed by atoms with Crippen LogP contribution in [0.5, 0.6) is 11.5 Å². The average Bonchev–Trinajstić information content (AvgIpc) is 3.21. The first-order chi connectivity index (χ1) is 16.9. The number of hydrogen-bond donors (Lipinski definition) is 0. The van der Waals surface area contributed by atoms with Crippen LogP contribution in [0.1, 0.15) is 49.8 Å². The zero-order valence-corrected chi connectivity index (χ0v) is 21.8. The lowest BCUT2D eigenvalue weighted by Crippen LogP contribution is -2.76. The van der Waals surface area contributed by atoms with Gasteiger partial charge in [0.2, 0.25) is 0 Å². The largest absolute Gasteiger partial charge is 0.493 e. The van der Waals surface area contributed by atoms with Crippen molar-refractivity contribution >= 4 is 0 Å². The zero-order chi connectivity index (χ0) is 24.4. The van der Waals surface area contributed by atoms with Crippen LogP contribution in [0.25, 0.3) is 0 Å².